The molecule has 128 valence electrons. The fraction of sp³-hybridized carbons (Fsp3) is 0.150. The van der Waals surface area contributed by atoms with Gasteiger partial charge in [-0.1, -0.05) is 36.4 Å². The predicted molar refractivity (Wildman–Crippen MR) is 97.4 cm³/mol. The van der Waals surface area contributed by atoms with Crippen molar-refractivity contribution >= 4 is 11.6 Å². The van der Waals surface area contributed by atoms with Crippen molar-refractivity contribution in [2.75, 3.05) is 11.4 Å². The van der Waals surface area contributed by atoms with Crippen LogP contribution in [0.2, 0.25) is 0 Å². The van der Waals surface area contributed by atoms with E-state index >= 15 is 0 Å². The van der Waals surface area contributed by atoms with Gasteiger partial charge in [-0.2, -0.15) is 14.6 Å². The highest BCUT2D eigenvalue weighted by Crippen LogP contribution is 2.28. The summed E-state index contributed by atoms with van der Waals surface area (Å²) in [6, 6.07) is 17.1. The van der Waals surface area contributed by atoms with Gasteiger partial charge in [-0.3, -0.25) is 0 Å². The van der Waals surface area contributed by atoms with Crippen LogP contribution in [-0.4, -0.2) is 26.1 Å². The van der Waals surface area contributed by atoms with Crippen LogP contribution in [-0.2, 0) is 13.0 Å². The molecule has 0 atom stereocenters. The van der Waals surface area contributed by atoms with E-state index in [9.17, 15) is 4.39 Å². The minimum Gasteiger partial charge on any atom is -0.352 e. The number of benzene rings is 2. The first-order valence-electron chi connectivity index (χ1n) is 8.56. The number of aromatic nitrogens is 4. The second-order valence-corrected chi connectivity index (χ2v) is 6.42. The molecule has 1 aliphatic rings. The Labute approximate surface area is 149 Å². The summed E-state index contributed by atoms with van der Waals surface area (Å²) in [5, 5.41) is 4.34. The molecule has 2 aromatic carbocycles. The lowest BCUT2D eigenvalue weighted by Gasteiger charge is -2.30. The molecular weight excluding hydrogens is 329 g/mol. The first-order chi connectivity index (χ1) is 12.8. The van der Waals surface area contributed by atoms with Crippen molar-refractivity contribution < 1.29 is 4.39 Å². The maximum atomic E-state index is 13.5. The van der Waals surface area contributed by atoms with Gasteiger partial charge >= 0.3 is 0 Å². The van der Waals surface area contributed by atoms with Crippen molar-refractivity contribution in [2.45, 2.75) is 13.0 Å². The van der Waals surface area contributed by atoms with Gasteiger partial charge in [0.05, 0.1) is 5.69 Å². The molecule has 0 saturated carbocycles. The van der Waals surface area contributed by atoms with Gasteiger partial charge in [0.25, 0.3) is 5.78 Å². The van der Waals surface area contributed by atoms with Crippen LogP contribution in [0.15, 0.2) is 60.9 Å². The smallest absolute Gasteiger partial charge is 0.254 e. The van der Waals surface area contributed by atoms with E-state index < -0.39 is 0 Å². The summed E-state index contributed by atoms with van der Waals surface area (Å²) >= 11 is 0. The van der Waals surface area contributed by atoms with Crippen molar-refractivity contribution in [1.29, 1.82) is 0 Å². The fourth-order valence-corrected chi connectivity index (χ4v) is 3.50. The van der Waals surface area contributed by atoms with Crippen LogP contribution in [0.3, 0.4) is 0 Å². The lowest BCUT2D eigenvalue weighted by atomic mass is 9.99. The van der Waals surface area contributed by atoms with Crippen molar-refractivity contribution in [2.24, 2.45) is 0 Å². The molecule has 4 aromatic rings. The molecule has 0 amide bonds. The molecule has 6 heteroatoms. The van der Waals surface area contributed by atoms with Crippen molar-refractivity contribution in [3.8, 4) is 11.3 Å². The largest absolute Gasteiger partial charge is 0.352 e. The molecule has 0 fully saturated rings. The average molecular weight is 345 g/mol. The van der Waals surface area contributed by atoms with Gasteiger partial charge in [-0.25, -0.2) is 9.37 Å². The van der Waals surface area contributed by atoms with Gasteiger partial charge in [0, 0.05) is 24.7 Å². The quantitative estimate of drug-likeness (QED) is 0.558. The third-order valence-electron chi connectivity index (χ3n) is 4.81. The topological polar surface area (TPSA) is 46.3 Å². The first-order valence-corrected chi connectivity index (χ1v) is 8.56. The number of fused-ring (bicyclic) bond motifs is 2. The van der Waals surface area contributed by atoms with Gasteiger partial charge in [0.15, 0.2) is 0 Å². The monoisotopic (exact) mass is 345 g/mol. The second kappa shape index (κ2) is 5.91. The summed E-state index contributed by atoms with van der Waals surface area (Å²) in [6.07, 6.45) is 2.32. The lowest BCUT2D eigenvalue weighted by Crippen LogP contribution is -2.32. The van der Waals surface area contributed by atoms with Crippen LogP contribution >= 0.6 is 0 Å². The molecule has 0 spiro atoms. The highest BCUT2D eigenvalue weighted by Gasteiger charge is 2.21. The molecule has 0 saturated heterocycles. The van der Waals surface area contributed by atoms with Crippen molar-refractivity contribution in [1.82, 2.24) is 19.6 Å². The summed E-state index contributed by atoms with van der Waals surface area (Å²) in [6.45, 7) is 1.51. The number of hydrogen-bond acceptors (Lipinski definition) is 4. The lowest BCUT2D eigenvalue weighted by molar-refractivity contribution is 0.618. The Hall–Kier alpha value is -3.28. The number of rotatable bonds is 2. The SMILES string of the molecule is Fc1ccc2c(c1)CCN(c1cc(-c3ccccc3)nc3ncnn13)C2. The summed E-state index contributed by atoms with van der Waals surface area (Å²) in [7, 11) is 0. The predicted octanol–water partition coefficient (Wildman–Crippen LogP) is 3.49. The third-order valence-corrected chi connectivity index (χ3v) is 4.81. The second-order valence-electron chi connectivity index (χ2n) is 6.42. The highest BCUT2D eigenvalue weighted by molar-refractivity contribution is 5.66. The van der Waals surface area contributed by atoms with Gasteiger partial charge in [0.1, 0.15) is 18.0 Å². The van der Waals surface area contributed by atoms with Gasteiger partial charge in [-0.15, -0.1) is 0 Å². The molecule has 5 nitrogen and oxygen atoms in total. The Morgan fingerprint density at radius 1 is 0.962 bits per heavy atom. The molecule has 0 unspecified atom stereocenters. The van der Waals surface area contributed by atoms with Crippen molar-refractivity contribution in [3.63, 3.8) is 0 Å². The van der Waals surface area contributed by atoms with Crippen LogP contribution in [0.1, 0.15) is 11.1 Å². The average Bonchev–Trinajstić information content (AvgIpc) is 3.16. The normalized spacial score (nSPS) is 13.8. The van der Waals surface area contributed by atoms with Crippen LogP contribution in [0.5, 0.6) is 0 Å². The van der Waals surface area contributed by atoms with E-state index in [0.29, 0.717) is 12.3 Å². The number of halogens is 1. The van der Waals surface area contributed by atoms with Crippen LogP contribution in [0.25, 0.3) is 17.0 Å². The van der Waals surface area contributed by atoms with Gasteiger partial charge in [-0.05, 0) is 29.7 Å². The van der Waals surface area contributed by atoms with Crippen LogP contribution in [0.4, 0.5) is 10.2 Å². The molecule has 0 N–H and O–H groups in total. The minimum absolute atomic E-state index is 0.175. The van der Waals surface area contributed by atoms with Crippen LogP contribution < -0.4 is 4.90 Å². The molecule has 0 bridgehead atoms. The standard InChI is InChI=1S/C20H16FN5/c21-17-7-6-16-12-25(9-8-15(16)10-17)19-11-18(14-4-2-1-3-5-14)24-20-22-13-23-26(19)20/h1-7,10-11,13H,8-9,12H2. The molecule has 0 radical (unpaired) electrons. The molecular formula is C20H16FN5. The van der Waals surface area contributed by atoms with Gasteiger partial charge < -0.3 is 4.90 Å². The molecule has 2 aromatic heterocycles. The third kappa shape index (κ3) is 2.50. The zero-order valence-corrected chi connectivity index (χ0v) is 14.0. The molecule has 1 aliphatic heterocycles. The molecule has 3 heterocycles. The molecule has 0 aliphatic carbocycles. The number of hydrogen-bond donors (Lipinski definition) is 0. The maximum Gasteiger partial charge on any atom is 0.254 e. The molecule has 5 rings (SSSR count). The van der Waals surface area contributed by atoms with Crippen LogP contribution in [0, 0.1) is 5.82 Å². The number of nitrogens with zero attached hydrogens (tertiary/aromatic N) is 5. The van der Waals surface area contributed by atoms with E-state index in [1.54, 1.807) is 10.6 Å². The maximum absolute atomic E-state index is 13.5. The van der Waals surface area contributed by atoms with E-state index in [1.807, 2.05) is 42.5 Å². The zero-order valence-electron chi connectivity index (χ0n) is 14.0. The van der Waals surface area contributed by atoms with E-state index in [0.717, 1.165) is 41.2 Å². The Kier molecular flexibility index (Phi) is 3.41. The van der Waals surface area contributed by atoms with E-state index in [1.165, 1.54) is 12.4 Å². The van der Waals surface area contributed by atoms with E-state index in [-0.39, 0.29) is 5.82 Å². The Bertz CT molecular complexity index is 1090. The highest BCUT2D eigenvalue weighted by atomic mass is 19.1. The van der Waals surface area contributed by atoms with Gasteiger partial charge in [0.2, 0.25) is 0 Å². The van der Waals surface area contributed by atoms with E-state index in [2.05, 4.69) is 20.0 Å². The number of anilines is 1. The Balaban J connectivity index is 1.60. The summed E-state index contributed by atoms with van der Waals surface area (Å²) in [4.78, 5) is 11.2. The minimum atomic E-state index is -0.175. The summed E-state index contributed by atoms with van der Waals surface area (Å²) in [5.74, 6) is 1.35. The zero-order chi connectivity index (χ0) is 17.5. The summed E-state index contributed by atoms with van der Waals surface area (Å²) in [5.41, 5.74) is 4.13. The summed E-state index contributed by atoms with van der Waals surface area (Å²) < 4.78 is 15.2. The first kappa shape index (κ1) is 15.0. The Morgan fingerprint density at radius 2 is 1.85 bits per heavy atom. The van der Waals surface area contributed by atoms with Crippen molar-refractivity contribution in [3.05, 3.63) is 77.9 Å². The fourth-order valence-electron chi connectivity index (χ4n) is 3.50. The molecule has 26 heavy (non-hydrogen) atoms. The van der Waals surface area contributed by atoms with E-state index in [4.69, 9.17) is 0 Å². The Morgan fingerprint density at radius 3 is 2.73 bits per heavy atom.